The van der Waals surface area contributed by atoms with Crippen LogP contribution in [-0.2, 0) is 0 Å². The van der Waals surface area contributed by atoms with Crippen molar-refractivity contribution in [2.75, 3.05) is 26.7 Å². The van der Waals surface area contributed by atoms with Gasteiger partial charge in [0.1, 0.15) is 5.75 Å². The Bertz CT molecular complexity index is 457. The average molecular weight is 327 g/mol. The largest absolute Gasteiger partial charge is 0.507 e. The summed E-state index contributed by atoms with van der Waals surface area (Å²) in [6.45, 7) is 2.53. The lowest BCUT2D eigenvalue weighted by Gasteiger charge is -2.32. The molecule has 1 aromatic rings. The quantitative estimate of drug-likeness (QED) is 0.895. The molecule has 0 aliphatic carbocycles. The number of phenolic OH excluding ortho intramolecular Hbond substituents is 1. The van der Waals surface area contributed by atoms with Crippen LogP contribution in [0.1, 0.15) is 23.2 Å². The number of hydrogen-bond donors (Lipinski definition) is 2. The zero-order valence-corrected chi connectivity index (χ0v) is 12.6. The van der Waals surface area contributed by atoms with Gasteiger partial charge in [0.15, 0.2) is 0 Å². The van der Waals surface area contributed by atoms with Gasteiger partial charge in [-0.3, -0.25) is 4.79 Å². The summed E-state index contributed by atoms with van der Waals surface area (Å²) in [5.74, 6) is 0.609. The molecular weight excluding hydrogens is 308 g/mol. The van der Waals surface area contributed by atoms with E-state index >= 15 is 0 Å². The maximum absolute atomic E-state index is 12.3. The summed E-state index contributed by atoms with van der Waals surface area (Å²) in [7, 11) is 1.96. The second-order valence-corrected chi connectivity index (χ2v) is 5.87. The van der Waals surface area contributed by atoms with E-state index in [0.717, 1.165) is 36.9 Å². The van der Waals surface area contributed by atoms with Gasteiger partial charge in [-0.05, 0) is 50.6 Å². The fourth-order valence-corrected chi connectivity index (χ4v) is 2.83. The van der Waals surface area contributed by atoms with Gasteiger partial charge in [-0.2, -0.15) is 0 Å². The molecule has 0 saturated carbocycles. The minimum Gasteiger partial charge on any atom is -0.507 e. The third-order valence-corrected chi connectivity index (χ3v) is 4.08. The number of halogens is 1. The Kier molecular flexibility index (Phi) is 4.82. The number of rotatable bonds is 3. The van der Waals surface area contributed by atoms with Gasteiger partial charge in [-0.1, -0.05) is 15.9 Å². The molecule has 0 atom stereocenters. The minimum absolute atomic E-state index is 0.0386. The van der Waals surface area contributed by atoms with Gasteiger partial charge in [0.05, 0.1) is 5.56 Å². The first kappa shape index (κ1) is 14.3. The van der Waals surface area contributed by atoms with Crippen molar-refractivity contribution in [2.24, 2.45) is 5.92 Å². The molecule has 0 unspecified atom stereocenters. The molecule has 1 amide bonds. The Morgan fingerprint density at radius 2 is 2.16 bits per heavy atom. The first-order valence-electron chi connectivity index (χ1n) is 6.54. The number of nitrogens with one attached hydrogen (secondary N) is 1. The van der Waals surface area contributed by atoms with Crippen LogP contribution in [0.3, 0.4) is 0 Å². The summed E-state index contributed by atoms with van der Waals surface area (Å²) in [6, 6.07) is 5.00. The smallest absolute Gasteiger partial charge is 0.257 e. The first-order chi connectivity index (χ1) is 9.11. The Labute approximate surface area is 121 Å². The van der Waals surface area contributed by atoms with Crippen LogP contribution in [0.2, 0.25) is 0 Å². The number of carbonyl (C=O) groups is 1. The fourth-order valence-electron chi connectivity index (χ4n) is 2.48. The highest BCUT2D eigenvalue weighted by Gasteiger charge is 2.24. The highest BCUT2D eigenvalue weighted by atomic mass is 79.9. The molecule has 0 spiro atoms. The third kappa shape index (κ3) is 3.48. The molecular formula is C14H19BrN2O2. The van der Waals surface area contributed by atoms with E-state index in [-0.39, 0.29) is 11.7 Å². The molecule has 19 heavy (non-hydrogen) atoms. The highest BCUT2D eigenvalue weighted by Crippen LogP contribution is 2.25. The van der Waals surface area contributed by atoms with Crippen molar-refractivity contribution in [1.29, 1.82) is 0 Å². The van der Waals surface area contributed by atoms with E-state index in [1.54, 1.807) is 18.2 Å². The van der Waals surface area contributed by atoms with Crippen LogP contribution in [0.15, 0.2) is 22.7 Å². The van der Waals surface area contributed by atoms with Crippen LogP contribution < -0.4 is 5.32 Å². The lowest BCUT2D eigenvalue weighted by Crippen LogP contribution is -2.40. The summed E-state index contributed by atoms with van der Waals surface area (Å²) in [5, 5.41) is 13.0. The molecule has 1 heterocycles. The number of likely N-dealkylation sites (tertiary alicyclic amines) is 1. The number of nitrogens with zero attached hydrogens (tertiary/aromatic N) is 1. The summed E-state index contributed by atoms with van der Waals surface area (Å²) >= 11 is 3.27. The van der Waals surface area contributed by atoms with Gasteiger partial charge in [0, 0.05) is 17.6 Å². The van der Waals surface area contributed by atoms with E-state index in [1.807, 2.05) is 11.9 Å². The molecule has 2 rings (SSSR count). The number of benzene rings is 1. The predicted octanol–water partition coefficient (Wildman–Crippen LogP) is 2.23. The number of carbonyl (C=O) groups excluding carboxylic acids is 1. The van der Waals surface area contributed by atoms with Gasteiger partial charge in [0.25, 0.3) is 5.91 Å². The van der Waals surface area contributed by atoms with E-state index in [0.29, 0.717) is 11.5 Å². The van der Waals surface area contributed by atoms with Gasteiger partial charge in [-0.25, -0.2) is 0 Å². The zero-order chi connectivity index (χ0) is 13.8. The van der Waals surface area contributed by atoms with E-state index < -0.39 is 0 Å². The molecule has 1 saturated heterocycles. The van der Waals surface area contributed by atoms with E-state index in [9.17, 15) is 9.90 Å². The van der Waals surface area contributed by atoms with Crippen LogP contribution in [-0.4, -0.2) is 42.6 Å². The van der Waals surface area contributed by atoms with Crippen molar-refractivity contribution in [2.45, 2.75) is 12.8 Å². The summed E-state index contributed by atoms with van der Waals surface area (Å²) in [6.07, 6.45) is 2.04. The number of phenols is 1. The SMILES string of the molecule is CNCC1CCN(C(=O)c2ccc(Br)cc2O)CC1. The van der Waals surface area contributed by atoms with Crippen LogP contribution in [0.5, 0.6) is 5.75 Å². The fraction of sp³-hybridized carbons (Fsp3) is 0.500. The number of hydrogen-bond acceptors (Lipinski definition) is 3. The maximum atomic E-state index is 12.3. The molecule has 4 nitrogen and oxygen atoms in total. The normalized spacial score (nSPS) is 16.6. The minimum atomic E-state index is -0.0760. The van der Waals surface area contributed by atoms with E-state index in [4.69, 9.17) is 0 Å². The van der Waals surface area contributed by atoms with Gasteiger partial charge in [0.2, 0.25) is 0 Å². The molecule has 1 fully saturated rings. The second kappa shape index (κ2) is 6.39. The van der Waals surface area contributed by atoms with Gasteiger partial charge < -0.3 is 15.3 Å². The second-order valence-electron chi connectivity index (χ2n) is 4.95. The Morgan fingerprint density at radius 3 is 2.74 bits per heavy atom. The monoisotopic (exact) mass is 326 g/mol. The number of aromatic hydroxyl groups is 1. The Hall–Kier alpha value is -1.07. The molecule has 0 bridgehead atoms. The predicted molar refractivity (Wildman–Crippen MR) is 78.4 cm³/mol. The molecule has 104 valence electrons. The summed E-state index contributed by atoms with van der Waals surface area (Å²) in [4.78, 5) is 14.2. The molecule has 1 aliphatic rings. The Balaban J connectivity index is 2.01. The lowest BCUT2D eigenvalue weighted by molar-refractivity contribution is 0.0688. The standard InChI is InChI=1S/C14H19BrN2O2/c1-16-9-10-4-6-17(7-5-10)14(19)12-3-2-11(15)8-13(12)18/h2-3,8,10,16,18H,4-7,9H2,1H3. The van der Waals surface area contributed by atoms with Crippen molar-refractivity contribution in [3.8, 4) is 5.75 Å². The van der Waals surface area contributed by atoms with Crippen molar-refractivity contribution in [1.82, 2.24) is 10.2 Å². The summed E-state index contributed by atoms with van der Waals surface area (Å²) in [5.41, 5.74) is 0.385. The highest BCUT2D eigenvalue weighted by molar-refractivity contribution is 9.10. The molecule has 1 aliphatic heterocycles. The van der Waals surface area contributed by atoms with Gasteiger partial charge >= 0.3 is 0 Å². The van der Waals surface area contributed by atoms with Crippen molar-refractivity contribution in [3.63, 3.8) is 0 Å². The van der Waals surface area contributed by atoms with Gasteiger partial charge in [-0.15, -0.1) is 0 Å². The van der Waals surface area contributed by atoms with Crippen molar-refractivity contribution in [3.05, 3.63) is 28.2 Å². The van der Waals surface area contributed by atoms with Crippen LogP contribution in [0.25, 0.3) is 0 Å². The molecule has 2 N–H and O–H groups in total. The maximum Gasteiger partial charge on any atom is 0.257 e. The summed E-state index contributed by atoms with van der Waals surface area (Å²) < 4.78 is 0.772. The van der Waals surface area contributed by atoms with Crippen LogP contribution in [0, 0.1) is 5.92 Å². The average Bonchev–Trinajstić information content (AvgIpc) is 2.39. The number of amides is 1. The molecule has 0 radical (unpaired) electrons. The van der Waals surface area contributed by atoms with E-state index in [2.05, 4.69) is 21.2 Å². The molecule has 5 heteroatoms. The lowest BCUT2D eigenvalue weighted by atomic mass is 9.96. The Morgan fingerprint density at radius 1 is 1.47 bits per heavy atom. The van der Waals surface area contributed by atoms with Crippen LogP contribution in [0.4, 0.5) is 0 Å². The number of piperidine rings is 1. The van der Waals surface area contributed by atoms with Crippen molar-refractivity contribution >= 4 is 21.8 Å². The van der Waals surface area contributed by atoms with Crippen LogP contribution >= 0.6 is 15.9 Å². The zero-order valence-electron chi connectivity index (χ0n) is 11.0. The van der Waals surface area contributed by atoms with E-state index in [1.165, 1.54) is 0 Å². The topological polar surface area (TPSA) is 52.6 Å². The molecule has 0 aromatic heterocycles. The first-order valence-corrected chi connectivity index (χ1v) is 7.33. The molecule has 1 aromatic carbocycles. The van der Waals surface area contributed by atoms with Crippen molar-refractivity contribution < 1.29 is 9.90 Å². The third-order valence-electron chi connectivity index (χ3n) is 3.58.